The van der Waals surface area contributed by atoms with E-state index in [1.54, 1.807) is 24.3 Å². The summed E-state index contributed by atoms with van der Waals surface area (Å²) in [6.45, 7) is 1.40. The van der Waals surface area contributed by atoms with Gasteiger partial charge in [-0.2, -0.15) is 0 Å². The van der Waals surface area contributed by atoms with Crippen molar-refractivity contribution < 1.29 is 19.1 Å². The molecule has 0 aliphatic carbocycles. The quantitative estimate of drug-likeness (QED) is 0.349. The van der Waals surface area contributed by atoms with Crippen LogP contribution in [0.25, 0.3) is 0 Å². The molecule has 1 atom stereocenters. The van der Waals surface area contributed by atoms with Crippen molar-refractivity contribution in [1.29, 1.82) is 0 Å². The lowest BCUT2D eigenvalue weighted by Gasteiger charge is -2.20. The van der Waals surface area contributed by atoms with Gasteiger partial charge in [-0.3, -0.25) is 19.3 Å². The number of amides is 2. The molecule has 5 nitrogen and oxygen atoms in total. The van der Waals surface area contributed by atoms with Crippen molar-refractivity contribution in [1.82, 2.24) is 4.90 Å². The smallest absolute Gasteiger partial charge is 0.302 e. The molecule has 0 bridgehead atoms. The van der Waals surface area contributed by atoms with Crippen LogP contribution in [0.4, 0.5) is 0 Å². The minimum Gasteiger partial charge on any atom is -0.460 e. The Bertz CT molecular complexity index is 508. The van der Waals surface area contributed by atoms with E-state index in [0.29, 0.717) is 15.6 Å². The SMILES string of the molecule is CC(=O)O[C@H](CI)CN1C(=O)c2ccccc2C1=O. The lowest BCUT2D eigenvalue weighted by atomic mass is 10.1. The first kappa shape index (κ1) is 14.0. The van der Waals surface area contributed by atoms with Gasteiger partial charge >= 0.3 is 5.97 Å². The van der Waals surface area contributed by atoms with Crippen LogP contribution in [0.5, 0.6) is 0 Å². The van der Waals surface area contributed by atoms with Gasteiger partial charge in [0.2, 0.25) is 0 Å². The maximum Gasteiger partial charge on any atom is 0.302 e. The van der Waals surface area contributed by atoms with E-state index in [2.05, 4.69) is 22.6 Å². The average Bonchev–Trinajstić information content (AvgIpc) is 2.63. The maximum atomic E-state index is 12.1. The van der Waals surface area contributed by atoms with Crippen LogP contribution in [0.2, 0.25) is 0 Å². The lowest BCUT2D eigenvalue weighted by molar-refractivity contribution is -0.145. The van der Waals surface area contributed by atoms with Gasteiger partial charge in [-0.15, -0.1) is 0 Å². The Labute approximate surface area is 124 Å². The number of alkyl halides is 1. The molecule has 0 fully saturated rings. The molecular weight excluding hydrogens is 361 g/mol. The predicted octanol–water partition coefficient (Wildman–Crippen LogP) is 1.65. The number of rotatable bonds is 4. The molecule has 1 aromatic rings. The molecule has 2 amide bonds. The molecule has 0 saturated heterocycles. The molecule has 0 saturated carbocycles. The van der Waals surface area contributed by atoms with Gasteiger partial charge in [-0.05, 0) is 12.1 Å². The summed E-state index contributed by atoms with van der Waals surface area (Å²) in [5, 5.41) is 0. The van der Waals surface area contributed by atoms with Crippen LogP contribution in [0.1, 0.15) is 27.6 Å². The van der Waals surface area contributed by atoms with Gasteiger partial charge in [0.1, 0.15) is 6.10 Å². The lowest BCUT2D eigenvalue weighted by Crippen LogP contribution is -2.39. The minimum absolute atomic E-state index is 0.0921. The Morgan fingerprint density at radius 3 is 2.21 bits per heavy atom. The van der Waals surface area contributed by atoms with Crippen LogP contribution in [0.3, 0.4) is 0 Å². The second-order valence-electron chi connectivity index (χ2n) is 4.15. The van der Waals surface area contributed by atoms with Crippen molar-refractivity contribution in [2.45, 2.75) is 13.0 Å². The summed E-state index contributed by atoms with van der Waals surface area (Å²) >= 11 is 2.06. The van der Waals surface area contributed by atoms with Gasteiger partial charge in [0, 0.05) is 11.4 Å². The fraction of sp³-hybridized carbons (Fsp3) is 0.308. The third-order valence-corrected chi connectivity index (χ3v) is 3.75. The number of imide groups is 1. The number of benzene rings is 1. The van der Waals surface area contributed by atoms with Gasteiger partial charge in [-0.25, -0.2) is 0 Å². The summed E-state index contributed by atoms with van der Waals surface area (Å²) in [7, 11) is 0. The molecule has 1 aliphatic rings. The fourth-order valence-electron chi connectivity index (χ4n) is 1.96. The number of hydrogen-bond donors (Lipinski definition) is 0. The van der Waals surface area contributed by atoms with E-state index in [1.807, 2.05) is 0 Å². The van der Waals surface area contributed by atoms with E-state index >= 15 is 0 Å². The molecule has 1 aliphatic heterocycles. The van der Waals surface area contributed by atoms with Crippen LogP contribution >= 0.6 is 22.6 Å². The molecule has 0 N–H and O–H groups in total. The normalized spacial score (nSPS) is 15.4. The van der Waals surface area contributed by atoms with Gasteiger partial charge in [0.25, 0.3) is 11.8 Å². The summed E-state index contributed by atoms with van der Waals surface area (Å²) < 4.78 is 5.58. The maximum absolute atomic E-state index is 12.1. The summed E-state index contributed by atoms with van der Waals surface area (Å²) in [5.74, 6) is -1.08. The Kier molecular flexibility index (Phi) is 4.18. The Morgan fingerprint density at radius 1 is 1.26 bits per heavy atom. The first-order chi connectivity index (χ1) is 9.04. The van der Waals surface area contributed by atoms with Crippen molar-refractivity contribution in [3.05, 3.63) is 35.4 Å². The first-order valence-corrected chi connectivity index (χ1v) is 7.25. The van der Waals surface area contributed by atoms with Crippen molar-refractivity contribution in [3.8, 4) is 0 Å². The van der Waals surface area contributed by atoms with E-state index < -0.39 is 12.1 Å². The van der Waals surface area contributed by atoms with Gasteiger partial charge in [0.15, 0.2) is 0 Å². The van der Waals surface area contributed by atoms with Crippen LogP contribution in [0.15, 0.2) is 24.3 Å². The Hall–Kier alpha value is -1.44. The number of carbonyl (C=O) groups excluding carboxylic acids is 3. The van der Waals surface area contributed by atoms with Crippen LogP contribution in [-0.2, 0) is 9.53 Å². The second kappa shape index (κ2) is 5.68. The summed E-state index contributed by atoms with van der Waals surface area (Å²) in [6.07, 6.45) is -0.472. The number of carbonyl (C=O) groups is 3. The highest BCUT2D eigenvalue weighted by molar-refractivity contribution is 14.1. The van der Waals surface area contributed by atoms with Gasteiger partial charge in [0.05, 0.1) is 17.7 Å². The highest BCUT2D eigenvalue weighted by atomic mass is 127. The number of esters is 1. The molecule has 0 radical (unpaired) electrons. The van der Waals surface area contributed by atoms with Crippen molar-refractivity contribution in [3.63, 3.8) is 0 Å². The third kappa shape index (κ3) is 2.78. The molecule has 2 rings (SSSR count). The first-order valence-electron chi connectivity index (χ1n) is 5.73. The number of ether oxygens (including phenoxy) is 1. The largest absolute Gasteiger partial charge is 0.460 e. The fourth-order valence-corrected chi connectivity index (χ4v) is 2.42. The van der Waals surface area contributed by atoms with Crippen molar-refractivity contribution in [2.24, 2.45) is 0 Å². The van der Waals surface area contributed by atoms with E-state index in [4.69, 9.17) is 4.74 Å². The molecule has 1 aromatic carbocycles. The minimum atomic E-state index is -0.472. The summed E-state index contributed by atoms with van der Waals surface area (Å²) in [5.41, 5.74) is 0.810. The third-order valence-electron chi connectivity index (χ3n) is 2.77. The number of halogens is 1. The zero-order valence-corrected chi connectivity index (χ0v) is 12.4. The van der Waals surface area contributed by atoms with Crippen LogP contribution < -0.4 is 0 Å². The predicted molar refractivity (Wildman–Crippen MR) is 76.3 cm³/mol. The van der Waals surface area contributed by atoms with Crippen molar-refractivity contribution in [2.75, 3.05) is 11.0 Å². The molecule has 6 heteroatoms. The molecule has 1 heterocycles. The zero-order chi connectivity index (χ0) is 14.0. The van der Waals surface area contributed by atoms with E-state index in [9.17, 15) is 14.4 Å². The highest BCUT2D eigenvalue weighted by Crippen LogP contribution is 2.23. The average molecular weight is 373 g/mol. The standard InChI is InChI=1S/C13H12INO4/c1-8(16)19-9(6-14)7-15-12(17)10-4-2-3-5-11(10)13(15)18/h2-5,9H,6-7H2,1H3/t9-/m1/s1. The second-order valence-corrected chi connectivity index (χ2v) is 5.03. The van der Waals surface area contributed by atoms with Crippen LogP contribution in [-0.4, -0.2) is 39.8 Å². The Morgan fingerprint density at radius 2 is 1.79 bits per heavy atom. The van der Waals surface area contributed by atoms with Gasteiger partial charge < -0.3 is 4.74 Å². The zero-order valence-electron chi connectivity index (χ0n) is 10.3. The number of hydrogen-bond acceptors (Lipinski definition) is 4. The highest BCUT2D eigenvalue weighted by Gasteiger charge is 2.36. The van der Waals surface area contributed by atoms with E-state index in [-0.39, 0.29) is 18.4 Å². The number of fused-ring (bicyclic) bond motifs is 1. The molecule has 19 heavy (non-hydrogen) atoms. The van der Waals surface area contributed by atoms with Gasteiger partial charge in [-0.1, -0.05) is 34.7 Å². The molecule has 0 unspecified atom stereocenters. The summed E-state index contributed by atoms with van der Waals surface area (Å²) in [6, 6.07) is 6.69. The van der Waals surface area contributed by atoms with Crippen LogP contribution in [0, 0.1) is 0 Å². The summed E-state index contributed by atoms with van der Waals surface area (Å²) in [4.78, 5) is 36.3. The topological polar surface area (TPSA) is 63.7 Å². The molecule has 100 valence electrons. The number of nitrogens with zero attached hydrogens (tertiary/aromatic N) is 1. The monoisotopic (exact) mass is 373 g/mol. The van der Waals surface area contributed by atoms with E-state index in [0.717, 1.165) is 4.90 Å². The molecular formula is C13H12INO4. The Balaban J connectivity index is 2.17. The molecule has 0 spiro atoms. The van der Waals surface area contributed by atoms with E-state index in [1.165, 1.54) is 6.92 Å². The molecule has 0 aromatic heterocycles. The van der Waals surface area contributed by atoms with Crippen molar-refractivity contribution >= 4 is 40.4 Å².